The average Bonchev–Trinajstić information content (AvgIpc) is 3.30. The molecule has 3 heterocycles. The Labute approximate surface area is 183 Å². The molecule has 2 saturated heterocycles. The number of carbonyl (C=O) groups excluding carboxylic acids is 1. The normalized spacial score (nSPS) is 23.9. The van der Waals surface area contributed by atoms with Gasteiger partial charge in [-0.05, 0) is 48.9 Å². The number of fused-ring (bicyclic) bond motifs is 2. The molecule has 30 heavy (non-hydrogen) atoms. The maximum atomic E-state index is 12.1. The van der Waals surface area contributed by atoms with E-state index in [4.69, 9.17) is 4.98 Å². The minimum Gasteiger partial charge on any atom is -0.316 e. The summed E-state index contributed by atoms with van der Waals surface area (Å²) in [6, 6.07) is 13.9. The van der Waals surface area contributed by atoms with Gasteiger partial charge in [0.2, 0.25) is 5.91 Å². The Morgan fingerprint density at radius 2 is 1.93 bits per heavy atom. The average molecular weight is 458 g/mol. The van der Waals surface area contributed by atoms with E-state index in [2.05, 4.69) is 24.0 Å². The molecule has 2 fully saturated rings. The van der Waals surface area contributed by atoms with E-state index in [9.17, 15) is 13.2 Å². The maximum Gasteiger partial charge on any atom is 0.244 e. The fourth-order valence-electron chi connectivity index (χ4n) is 3.92. The van der Waals surface area contributed by atoms with E-state index in [0.29, 0.717) is 5.17 Å². The minimum atomic E-state index is -3.08. The Morgan fingerprint density at radius 1 is 1.17 bits per heavy atom. The third-order valence-electron chi connectivity index (χ3n) is 5.26. The van der Waals surface area contributed by atoms with Crippen LogP contribution in [0.15, 0.2) is 47.5 Å². The third kappa shape index (κ3) is 3.55. The van der Waals surface area contributed by atoms with E-state index >= 15 is 0 Å². The quantitative estimate of drug-likeness (QED) is 0.581. The molecule has 3 aromatic rings. The Bertz CT molecular complexity index is 1300. The number of thiazole rings is 1. The highest BCUT2D eigenvalue weighted by atomic mass is 32.2. The number of anilines is 1. The summed E-state index contributed by atoms with van der Waals surface area (Å²) in [5.41, 5.74) is 4.03. The van der Waals surface area contributed by atoms with E-state index in [1.165, 1.54) is 24.2 Å². The van der Waals surface area contributed by atoms with E-state index in [0.717, 1.165) is 26.5 Å². The molecule has 0 N–H and O–H groups in total. The smallest absolute Gasteiger partial charge is 0.244 e. The van der Waals surface area contributed by atoms with Crippen LogP contribution in [0, 0.1) is 6.92 Å². The number of aliphatic imine (C=N–C) groups is 1. The van der Waals surface area contributed by atoms with Gasteiger partial charge in [0.05, 0.1) is 27.8 Å². The number of aryl methyl sites for hydroxylation is 1. The van der Waals surface area contributed by atoms with E-state index in [1.54, 1.807) is 11.3 Å². The first-order valence-electron chi connectivity index (χ1n) is 9.52. The molecule has 0 saturated carbocycles. The largest absolute Gasteiger partial charge is 0.316 e. The van der Waals surface area contributed by atoms with Crippen LogP contribution < -0.4 is 4.90 Å². The van der Waals surface area contributed by atoms with Gasteiger partial charge in [-0.1, -0.05) is 17.8 Å². The summed E-state index contributed by atoms with van der Waals surface area (Å²) in [5, 5.41) is 1.42. The summed E-state index contributed by atoms with van der Waals surface area (Å²) in [6.45, 7) is 3.48. The molecule has 0 aliphatic carbocycles. The number of aromatic nitrogens is 1. The van der Waals surface area contributed by atoms with Crippen LogP contribution in [0.4, 0.5) is 5.69 Å². The lowest BCUT2D eigenvalue weighted by molar-refractivity contribution is -0.115. The molecule has 0 spiro atoms. The number of nitrogens with zero attached hydrogens (tertiary/aromatic N) is 3. The lowest BCUT2D eigenvalue weighted by Gasteiger charge is -2.24. The van der Waals surface area contributed by atoms with Crippen LogP contribution in [0.25, 0.3) is 20.8 Å². The summed E-state index contributed by atoms with van der Waals surface area (Å²) < 4.78 is 25.4. The molecular formula is C21H19N3O3S3. The Hall–Kier alpha value is -2.23. The number of thioether (sulfide) groups is 1. The molecule has 5 rings (SSSR count). The summed E-state index contributed by atoms with van der Waals surface area (Å²) in [7, 11) is -3.08. The van der Waals surface area contributed by atoms with Gasteiger partial charge in [0.15, 0.2) is 15.0 Å². The van der Waals surface area contributed by atoms with E-state index in [1.807, 2.05) is 35.2 Å². The van der Waals surface area contributed by atoms with Crippen molar-refractivity contribution >= 4 is 59.9 Å². The fraction of sp³-hybridized carbons (Fsp3) is 0.286. The van der Waals surface area contributed by atoms with Crippen molar-refractivity contribution in [2.24, 2.45) is 4.99 Å². The number of amidine groups is 1. The van der Waals surface area contributed by atoms with Crippen molar-refractivity contribution in [2.45, 2.75) is 25.1 Å². The number of amides is 1. The van der Waals surface area contributed by atoms with E-state index < -0.39 is 9.84 Å². The second-order valence-electron chi connectivity index (χ2n) is 7.62. The van der Waals surface area contributed by atoms with Crippen molar-refractivity contribution in [1.29, 1.82) is 0 Å². The van der Waals surface area contributed by atoms with Gasteiger partial charge in [0.1, 0.15) is 5.01 Å². The zero-order chi connectivity index (χ0) is 21.0. The van der Waals surface area contributed by atoms with Gasteiger partial charge in [-0.25, -0.2) is 13.4 Å². The predicted molar refractivity (Wildman–Crippen MR) is 124 cm³/mol. The highest BCUT2D eigenvalue weighted by Gasteiger charge is 2.49. The molecule has 2 aromatic carbocycles. The number of carbonyl (C=O) groups is 1. The number of sulfone groups is 1. The topological polar surface area (TPSA) is 79.7 Å². The molecule has 2 aliphatic heterocycles. The Balaban J connectivity index is 1.50. The third-order valence-corrected chi connectivity index (χ3v) is 9.53. The van der Waals surface area contributed by atoms with Crippen LogP contribution in [-0.4, -0.2) is 47.3 Å². The van der Waals surface area contributed by atoms with E-state index in [-0.39, 0.29) is 28.7 Å². The molecule has 9 heteroatoms. The van der Waals surface area contributed by atoms with Crippen molar-refractivity contribution in [3.63, 3.8) is 0 Å². The Kier molecular flexibility index (Phi) is 4.72. The van der Waals surface area contributed by atoms with Crippen molar-refractivity contribution in [2.75, 3.05) is 16.4 Å². The zero-order valence-corrected chi connectivity index (χ0v) is 18.9. The first kappa shape index (κ1) is 19.7. The summed E-state index contributed by atoms with van der Waals surface area (Å²) >= 11 is 3.04. The number of hydrogen-bond donors (Lipinski definition) is 0. The van der Waals surface area contributed by atoms with Crippen LogP contribution in [0.2, 0.25) is 0 Å². The van der Waals surface area contributed by atoms with Gasteiger partial charge in [-0.15, -0.1) is 11.3 Å². The van der Waals surface area contributed by atoms with Crippen LogP contribution in [0.3, 0.4) is 0 Å². The van der Waals surface area contributed by atoms with Crippen LogP contribution in [0.1, 0.15) is 12.5 Å². The van der Waals surface area contributed by atoms with Crippen molar-refractivity contribution in [3.05, 3.63) is 48.0 Å². The molecule has 6 nitrogen and oxygen atoms in total. The molecule has 2 atom stereocenters. The van der Waals surface area contributed by atoms with Gasteiger partial charge in [-0.3, -0.25) is 4.79 Å². The highest BCUT2D eigenvalue weighted by Crippen LogP contribution is 2.41. The van der Waals surface area contributed by atoms with Gasteiger partial charge in [0.25, 0.3) is 0 Å². The summed E-state index contributed by atoms with van der Waals surface area (Å²) in [4.78, 5) is 22.4. The molecule has 0 bridgehead atoms. The molecule has 1 amide bonds. The second-order valence-corrected chi connectivity index (χ2v) is 12.0. The standard InChI is InChI=1S/C21H19N3O3S3/c1-12-3-8-16-18(9-12)28-20(23-16)14-4-6-15(7-5-14)24-17-10-30(26,27)11-19(17)29-21(24)22-13(2)25/h3-9,17,19H,10-11H2,1-2H3/t17-,19+/m1/s1. The number of benzene rings is 2. The molecule has 0 radical (unpaired) electrons. The van der Waals surface area contributed by atoms with Crippen molar-refractivity contribution in [1.82, 2.24) is 4.98 Å². The van der Waals surface area contributed by atoms with Gasteiger partial charge in [0, 0.05) is 23.4 Å². The van der Waals surface area contributed by atoms with Gasteiger partial charge >= 0.3 is 0 Å². The number of hydrogen-bond acceptors (Lipinski definition) is 6. The first-order valence-corrected chi connectivity index (χ1v) is 13.0. The molecular weight excluding hydrogens is 438 g/mol. The van der Waals surface area contributed by atoms with Gasteiger partial charge in [-0.2, -0.15) is 4.99 Å². The SMILES string of the molecule is CC(=O)N=C1S[C@H]2CS(=O)(=O)C[C@H]2N1c1ccc(-c2nc3ccc(C)cc3s2)cc1. The van der Waals surface area contributed by atoms with Crippen LogP contribution >= 0.6 is 23.1 Å². The molecule has 0 unspecified atom stereocenters. The maximum absolute atomic E-state index is 12.1. The van der Waals surface area contributed by atoms with Crippen LogP contribution in [-0.2, 0) is 14.6 Å². The lowest BCUT2D eigenvalue weighted by atomic mass is 10.1. The molecule has 1 aromatic heterocycles. The van der Waals surface area contributed by atoms with Crippen molar-refractivity contribution in [3.8, 4) is 10.6 Å². The van der Waals surface area contributed by atoms with Crippen LogP contribution in [0.5, 0.6) is 0 Å². The summed E-state index contributed by atoms with van der Waals surface area (Å²) in [6.07, 6.45) is 0. The zero-order valence-electron chi connectivity index (χ0n) is 16.4. The van der Waals surface area contributed by atoms with Crippen molar-refractivity contribution < 1.29 is 13.2 Å². The minimum absolute atomic E-state index is 0.0839. The highest BCUT2D eigenvalue weighted by molar-refractivity contribution is 8.16. The Morgan fingerprint density at radius 3 is 2.67 bits per heavy atom. The fourth-order valence-corrected chi connectivity index (χ4v) is 8.95. The second kappa shape index (κ2) is 7.18. The number of rotatable bonds is 2. The molecule has 154 valence electrons. The lowest BCUT2D eigenvalue weighted by Crippen LogP contribution is -2.37. The summed E-state index contributed by atoms with van der Waals surface area (Å²) in [5.74, 6) is -0.0776. The first-order chi connectivity index (χ1) is 14.3. The van der Waals surface area contributed by atoms with Gasteiger partial charge < -0.3 is 4.90 Å². The monoisotopic (exact) mass is 457 g/mol. The molecule has 2 aliphatic rings. The predicted octanol–water partition coefficient (Wildman–Crippen LogP) is 3.89.